The van der Waals surface area contributed by atoms with E-state index in [0.717, 1.165) is 38.2 Å². The number of benzene rings is 1. The Bertz CT molecular complexity index is 589. The van der Waals surface area contributed by atoms with E-state index in [0.29, 0.717) is 18.0 Å². The zero-order valence-electron chi connectivity index (χ0n) is 15.6. The lowest BCUT2D eigenvalue weighted by Gasteiger charge is -2.43. The molecule has 4 N–H and O–H groups in total. The summed E-state index contributed by atoms with van der Waals surface area (Å²) in [6.07, 6.45) is 2.06. The van der Waals surface area contributed by atoms with Gasteiger partial charge in [0.25, 0.3) is 0 Å². The van der Waals surface area contributed by atoms with Crippen LogP contribution in [0.25, 0.3) is 0 Å². The van der Waals surface area contributed by atoms with Crippen LogP contribution >= 0.6 is 0 Å². The van der Waals surface area contributed by atoms with Gasteiger partial charge in [-0.1, -0.05) is 19.1 Å². The van der Waals surface area contributed by atoms with Crippen molar-refractivity contribution in [3.63, 3.8) is 0 Å². The highest BCUT2D eigenvalue weighted by atomic mass is 16.5. The van der Waals surface area contributed by atoms with Gasteiger partial charge < -0.3 is 15.2 Å². The Kier molecular flexibility index (Phi) is 6.48. The number of ether oxygens (including phenoxy) is 1. The van der Waals surface area contributed by atoms with Gasteiger partial charge in [0.15, 0.2) is 0 Å². The van der Waals surface area contributed by atoms with Gasteiger partial charge in [-0.15, -0.1) is 0 Å². The Morgan fingerprint density at radius 3 is 2.69 bits per heavy atom. The van der Waals surface area contributed by atoms with Gasteiger partial charge in [0, 0.05) is 31.1 Å². The number of hydrogen-bond donors (Lipinski definition) is 4. The van der Waals surface area contributed by atoms with Gasteiger partial charge in [0.1, 0.15) is 5.75 Å². The van der Waals surface area contributed by atoms with Crippen molar-refractivity contribution in [2.24, 2.45) is 5.92 Å². The van der Waals surface area contributed by atoms with E-state index in [1.54, 1.807) is 7.11 Å². The predicted molar refractivity (Wildman–Crippen MR) is 100 cm³/mol. The number of hydrogen-bond acceptors (Lipinski definition) is 6. The minimum Gasteiger partial charge on any atom is -0.497 e. The van der Waals surface area contributed by atoms with Crippen molar-refractivity contribution >= 4 is 5.97 Å². The Morgan fingerprint density at radius 2 is 2.08 bits per heavy atom. The molecule has 144 valence electrons. The minimum absolute atomic E-state index is 0.143. The first-order valence-corrected chi connectivity index (χ1v) is 9.42. The van der Waals surface area contributed by atoms with Crippen molar-refractivity contribution in [1.29, 1.82) is 0 Å². The van der Waals surface area contributed by atoms with E-state index in [1.165, 1.54) is 5.56 Å². The van der Waals surface area contributed by atoms with E-state index in [4.69, 9.17) is 9.84 Å². The Hall–Kier alpha value is -1.67. The number of hydrazine groups is 1. The average molecular weight is 362 g/mol. The van der Waals surface area contributed by atoms with Gasteiger partial charge in [-0.2, -0.15) is 0 Å². The van der Waals surface area contributed by atoms with E-state index in [1.807, 2.05) is 19.1 Å². The lowest BCUT2D eigenvalue weighted by molar-refractivity contribution is -0.139. The molecule has 26 heavy (non-hydrogen) atoms. The van der Waals surface area contributed by atoms with Crippen molar-refractivity contribution in [3.8, 4) is 5.75 Å². The summed E-state index contributed by atoms with van der Waals surface area (Å²) in [6.45, 7) is 4.84. The molecule has 2 aliphatic rings. The molecule has 0 spiro atoms. The molecule has 7 heteroatoms. The first-order chi connectivity index (χ1) is 12.6. The second kappa shape index (κ2) is 8.81. The lowest BCUT2D eigenvalue weighted by atomic mass is 9.84. The van der Waals surface area contributed by atoms with Crippen LogP contribution in [-0.2, 0) is 4.79 Å². The highest BCUT2D eigenvalue weighted by molar-refractivity contribution is 5.69. The summed E-state index contributed by atoms with van der Waals surface area (Å²) in [5, 5.41) is 12.7. The fraction of sp³-hybridized carbons (Fsp3) is 0.632. The van der Waals surface area contributed by atoms with Crippen LogP contribution in [-0.4, -0.2) is 61.3 Å². The van der Waals surface area contributed by atoms with Gasteiger partial charge in [-0.25, -0.2) is 5.43 Å². The first kappa shape index (κ1) is 19.1. The van der Waals surface area contributed by atoms with Crippen molar-refractivity contribution in [1.82, 2.24) is 21.1 Å². The van der Waals surface area contributed by atoms with E-state index in [2.05, 4.69) is 33.2 Å². The number of aliphatic carboxylic acids is 1. The number of carboxylic acid groups (broad SMARTS) is 1. The molecule has 1 heterocycles. The normalized spacial score (nSPS) is 28.1. The Morgan fingerprint density at radius 1 is 1.35 bits per heavy atom. The topological polar surface area (TPSA) is 85.9 Å². The molecule has 7 nitrogen and oxygen atoms in total. The molecule has 0 amide bonds. The van der Waals surface area contributed by atoms with Gasteiger partial charge in [0.2, 0.25) is 0 Å². The minimum atomic E-state index is -0.742. The molecule has 0 radical (unpaired) electrons. The van der Waals surface area contributed by atoms with E-state index in [9.17, 15) is 4.79 Å². The molecule has 0 bridgehead atoms. The van der Waals surface area contributed by atoms with Crippen LogP contribution < -0.4 is 20.9 Å². The molecule has 2 fully saturated rings. The summed E-state index contributed by atoms with van der Waals surface area (Å²) in [7, 11) is 1.68. The van der Waals surface area contributed by atoms with Crippen LogP contribution in [0.2, 0.25) is 0 Å². The fourth-order valence-electron chi connectivity index (χ4n) is 3.94. The number of carbonyl (C=O) groups is 1. The van der Waals surface area contributed by atoms with Crippen LogP contribution in [0.15, 0.2) is 24.3 Å². The number of carboxylic acids is 1. The maximum Gasteiger partial charge on any atom is 0.317 e. The largest absolute Gasteiger partial charge is 0.497 e. The fourth-order valence-corrected chi connectivity index (χ4v) is 3.94. The van der Waals surface area contributed by atoms with Gasteiger partial charge >= 0.3 is 5.97 Å². The third kappa shape index (κ3) is 4.54. The van der Waals surface area contributed by atoms with Crippen molar-refractivity contribution < 1.29 is 14.6 Å². The molecule has 1 aromatic rings. The summed E-state index contributed by atoms with van der Waals surface area (Å²) < 4.78 is 5.23. The number of nitrogens with one attached hydrogen (secondary N) is 3. The summed E-state index contributed by atoms with van der Waals surface area (Å²) in [5.41, 5.74) is 7.90. The highest BCUT2D eigenvalue weighted by Gasteiger charge is 2.35. The standard InChI is InChI=1S/C19H30N4O3/c1-3-23(12-18(24)25)16-8-15(9-16)20-10-14-11-21-22-19(14)13-4-6-17(26-2)7-5-13/h4-7,14-16,19-22H,3,8-12H2,1-2H3,(H,24,25). The van der Waals surface area contributed by atoms with Crippen LogP contribution in [0.4, 0.5) is 0 Å². The quantitative estimate of drug-likeness (QED) is 0.521. The molecular weight excluding hydrogens is 332 g/mol. The molecule has 3 rings (SSSR count). The van der Waals surface area contributed by atoms with Crippen molar-refractivity contribution in [2.45, 2.75) is 37.9 Å². The molecule has 2 atom stereocenters. The molecule has 1 aliphatic carbocycles. The maximum atomic E-state index is 10.9. The second-order valence-corrected chi connectivity index (χ2v) is 7.22. The third-order valence-electron chi connectivity index (χ3n) is 5.61. The Labute approximate surface area is 155 Å². The maximum absolute atomic E-state index is 10.9. The number of methoxy groups -OCH3 is 1. The van der Waals surface area contributed by atoms with Gasteiger partial charge in [-0.3, -0.25) is 15.1 Å². The molecule has 0 aromatic heterocycles. The second-order valence-electron chi connectivity index (χ2n) is 7.22. The van der Waals surface area contributed by atoms with Crippen LogP contribution in [0, 0.1) is 5.92 Å². The molecular formula is C19H30N4O3. The predicted octanol–water partition coefficient (Wildman–Crippen LogP) is 0.987. The van der Waals surface area contributed by atoms with Gasteiger partial charge in [0.05, 0.1) is 19.7 Å². The highest BCUT2D eigenvalue weighted by Crippen LogP contribution is 2.29. The molecule has 2 unspecified atom stereocenters. The van der Waals surface area contributed by atoms with Crippen LogP contribution in [0.1, 0.15) is 31.4 Å². The zero-order chi connectivity index (χ0) is 18.5. The number of likely N-dealkylation sites (N-methyl/N-ethyl adjacent to an activating group) is 1. The van der Waals surface area contributed by atoms with E-state index < -0.39 is 5.97 Å². The average Bonchev–Trinajstić information content (AvgIpc) is 3.07. The smallest absolute Gasteiger partial charge is 0.317 e. The SMILES string of the molecule is CCN(CC(=O)O)C1CC(NCC2CNNC2c2ccc(OC)cc2)C1. The van der Waals surface area contributed by atoms with Crippen LogP contribution in [0.5, 0.6) is 5.75 Å². The summed E-state index contributed by atoms with van der Waals surface area (Å²) >= 11 is 0. The molecule has 1 aliphatic heterocycles. The van der Waals surface area contributed by atoms with Crippen molar-refractivity contribution in [3.05, 3.63) is 29.8 Å². The molecule has 1 saturated heterocycles. The summed E-state index contributed by atoms with van der Waals surface area (Å²) in [6, 6.07) is 9.38. The van der Waals surface area contributed by atoms with E-state index >= 15 is 0 Å². The first-order valence-electron chi connectivity index (χ1n) is 9.42. The lowest BCUT2D eigenvalue weighted by Crippen LogP contribution is -2.54. The number of nitrogens with zero attached hydrogens (tertiary/aromatic N) is 1. The summed E-state index contributed by atoms with van der Waals surface area (Å²) in [5.74, 6) is 0.606. The zero-order valence-corrected chi connectivity index (χ0v) is 15.6. The summed E-state index contributed by atoms with van der Waals surface area (Å²) in [4.78, 5) is 13.0. The third-order valence-corrected chi connectivity index (χ3v) is 5.61. The molecule has 1 saturated carbocycles. The monoisotopic (exact) mass is 362 g/mol. The number of rotatable bonds is 9. The Balaban J connectivity index is 1.45. The van der Waals surface area contributed by atoms with Crippen molar-refractivity contribution in [2.75, 3.05) is 33.3 Å². The molecule has 1 aromatic carbocycles. The van der Waals surface area contributed by atoms with E-state index in [-0.39, 0.29) is 12.6 Å². The van der Waals surface area contributed by atoms with Crippen LogP contribution in [0.3, 0.4) is 0 Å². The van der Waals surface area contributed by atoms with Gasteiger partial charge in [-0.05, 0) is 37.1 Å².